The zero-order valence-electron chi connectivity index (χ0n) is 10.7. The molecule has 5 nitrogen and oxygen atoms in total. The average Bonchev–Trinajstić information content (AvgIpc) is 3.18. The summed E-state index contributed by atoms with van der Waals surface area (Å²) in [5.74, 6) is 1.49. The van der Waals surface area contributed by atoms with E-state index in [0.29, 0.717) is 6.42 Å². The van der Waals surface area contributed by atoms with Crippen molar-refractivity contribution in [1.29, 1.82) is 0 Å². The molecule has 0 amide bonds. The van der Waals surface area contributed by atoms with E-state index in [4.69, 9.17) is 16.0 Å². The van der Waals surface area contributed by atoms with Crippen LogP contribution in [0, 0.1) is 0 Å². The van der Waals surface area contributed by atoms with Crippen molar-refractivity contribution in [2.24, 2.45) is 0 Å². The van der Waals surface area contributed by atoms with Gasteiger partial charge in [0.15, 0.2) is 16.6 Å². The van der Waals surface area contributed by atoms with Crippen LogP contribution in [0.5, 0.6) is 0 Å². The second-order valence-corrected chi connectivity index (χ2v) is 5.83. The van der Waals surface area contributed by atoms with E-state index in [9.17, 15) is 0 Å². The average molecular weight is 317 g/mol. The van der Waals surface area contributed by atoms with Crippen LogP contribution in [-0.4, -0.2) is 19.8 Å². The van der Waals surface area contributed by atoms with Crippen molar-refractivity contribution in [3.63, 3.8) is 0 Å². The Labute approximate surface area is 128 Å². The third-order valence-corrected chi connectivity index (χ3v) is 4.38. The largest absolute Gasteiger partial charge is 0.462 e. The minimum absolute atomic E-state index is 0.585. The molecular formula is C14H9ClN4OS. The molecule has 0 aliphatic rings. The monoisotopic (exact) mass is 316 g/mol. The van der Waals surface area contributed by atoms with Gasteiger partial charge in [0.2, 0.25) is 4.96 Å². The maximum atomic E-state index is 6.19. The molecule has 1 aromatic carbocycles. The summed E-state index contributed by atoms with van der Waals surface area (Å²) >= 11 is 7.63. The maximum Gasteiger partial charge on any atom is 0.235 e. The molecule has 0 radical (unpaired) electrons. The summed E-state index contributed by atoms with van der Waals surface area (Å²) in [4.78, 5) is 0.739. The lowest BCUT2D eigenvalue weighted by Gasteiger charge is -2.00. The van der Waals surface area contributed by atoms with Crippen molar-refractivity contribution in [2.45, 2.75) is 6.42 Å². The zero-order valence-corrected chi connectivity index (χ0v) is 12.3. The summed E-state index contributed by atoms with van der Waals surface area (Å²) in [6.45, 7) is 0. The first-order valence-electron chi connectivity index (χ1n) is 6.29. The number of hydrogen-bond donors (Lipinski definition) is 0. The van der Waals surface area contributed by atoms with E-state index in [0.717, 1.165) is 32.1 Å². The van der Waals surface area contributed by atoms with Crippen LogP contribution >= 0.6 is 22.9 Å². The van der Waals surface area contributed by atoms with Gasteiger partial charge in [0.1, 0.15) is 0 Å². The van der Waals surface area contributed by atoms with Crippen LogP contribution in [0.15, 0.2) is 47.1 Å². The van der Waals surface area contributed by atoms with Gasteiger partial charge in [0.25, 0.3) is 0 Å². The van der Waals surface area contributed by atoms with Gasteiger partial charge in [-0.1, -0.05) is 41.1 Å². The number of hydrogen-bond acceptors (Lipinski definition) is 5. The molecule has 0 N–H and O–H groups in total. The fraction of sp³-hybridized carbons (Fsp3) is 0.0714. The van der Waals surface area contributed by atoms with Crippen molar-refractivity contribution in [1.82, 2.24) is 19.8 Å². The molecule has 0 bridgehead atoms. The van der Waals surface area contributed by atoms with E-state index in [-0.39, 0.29) is 0 Å². The highest BCUT2D eigenvalue weighted by Crippen LogP contribution is 2.26. The number of aromatic nitrogens is 4. The van der Waals surface area contributed by atoms with Crippen LogP contribution in [0.2, 0.25) is 5.02 Å². The second-order valence-electron chi connectivity index (χ2n) is 4.46. The molecule has 0 aliphatic carbocycles. The Bertz CT molecular complexity index is 897. The molecular weight excluding hydrogens is 308 g/mol. The Morgan fingerprint density at radius 1 is 1.14 bits per heavy atom. The standard InChI is InChI=1S/C14H9ClN4OS/c15-10-5-2-1-4-9(10)8-12-16-17-14-19(12)18-13(21-14)11-6-3-7-20-11/h1-7H,8H2. The minimum atomic E-state index is 0.585. The van der Waals surface area contributed by atoms with Gasteiger partial charge >= 0.3 is 0 Å². The minimum Gasteiger partial charge on any atom is -0.462 e. The Hall–Kier alpha value is -2.18. The van der Waals surface area contributed by atoms with E-state index < -0.39 is 0 Å². The predicted octanol–water partition coefficient (Wildman–Crippen LogP) is 3.69. The Morgan fingerprint density at radius 3 is 2.86 bits per heavy atom. The number of nitrogens with zero attached hydrogens (tertiary/aromatic N) is 4. The number of fused-ring (bicyclic) bond motifs is 1. The number of furan rings is 1. The van der Waals surface area contributed by atoms with Crippen molar-refractivity contribution in [3.8, 4) is 10.8 Å². The Balaban J connectivity index is 1.75. The first-order chi connectivity index (χ1) is 10.3. The molecule has 0 fully saturated rings. The van der Waals surface area contributed by atoms with Crippen LogP contribution < -0.4 is 0 Å². The summed E-state index contributed by atoms with van der Waals surface area (Å²) in [5.41, 5.74) is 1.00. The van der Waals surface area contributed by atoms with Crippen molar-refractivity contribution in [3.05, 3.63) is 59.1 Å². The number of benzene rings is 1. The molecule has 0 unspecified atom stereocenters. The van der Waals surface area contributed by atoms with Gasteiger partial charge < -0.3 is 4.42 Å². The van der Waals surface area contributed by atoms with E-state index in [1.807, 2.05) is 36.4 Å². The summed E-state index contributed by atoms with van der Waals surface area (Å²) in [6, 6.07) is 11.4. The number of rotatable bonds is 3. The SMILES string of the molecule is Clc1ccccc1Cc1nnc2sc(-c3ccco3)nn12. The van der Waals surface area contributed by atoms with E-state index in [1.54, 1.807) is 10.8 Å². The van der Waals surface area contributed by atoms with Gasteiger partial charge in [0, 0.05) is 11.4 Å². The van der Waals surface area contributed by atoms with Gasteiger partial charge in [0.05, 0.1) is 6.26 Å². The molecule has 3 aromatic heterocycles. The topological polar surface area (TPSA) is 56.2 Å². The van der Waals surface area contributed by atoms with Gasteiger partial charge in [-0.3, -0.25) is 0 Å². The zero-order chi connectivity index (χ0) is 14.2. The smallest absolute Gasteiger partial charge is 0.235 e. The van der Waals surface area contributed by atoms with Crippen molar-refractivity contribution < 1.29 is 4.42 Å². The molecule has 0 spiro atoms. The summed E-state index contributed by atoms with van der Waals surface area (Å²) in [7, 11) is 0. The molecule has 4 aromatic rings. The molecule has 0 saturated carbocycles. The van der Waals surface area contributed by atoms with E-state index in [1.165, 1.54) is 11.3 Å². The molecule has 0 saturated heterocycles. The van der Waals surface area contributed by atoms with Gasteiger partial charge in [-0.15, -0.1) is 15.3 Å². The van der Waals surface area contributed by atoms with Crippen LogP contribution in [0.3, 0.4) is 0 Å². The quantitative estimate of drug-likeness (QED) is 0.578. The lowest BCUT2D eigenvalue weighted by atomic mass is 10.1. The normalized spacial score (nSPS) is 11.3. The summed E-state index contributed by atoms with van der Waals surface area (Å²) < 4.78 is 7.10. The Kier molecular flexibility index (Phi) is 2.98. The van der Waals surface area contributed by atoms with E-state index in [2.05, 4.69) is 15.3 Å². The third kappa shape index (κ3) is 2.22. The molecule has 7 heteroatoms. The molecule has 0 aliphatic heterocycles. The van der Waals surface area contributed by atoms with Gasteiger partial charge in [-0.25, -0.2) is 0 Å². The van der Waals surface area contributed by atoms with Crippen molar-refractivity contribution >= 4 is 27.9 Å². The highest BCUT2D eigenvalue weighted by molar-refractivity contribution is 7.19. The van der Waals surface area contributed by atoms with Crippen LogP contribution in [0.25, 0.3) is 15.7 Å². The molecule has 4 rings (SSSR count). The predicted molar refractivity (Wildman–Crippen MR) is 80.6 cm³/mol. The first kappa shape index (κ1) is 12.6. The summed E-state index contributed by atoms with van der Waals surface area (Å²) in [5, 5.41) is 14.4. The lowest BCUT2D eigenvalue weighted by Crippen LogP contribution is -1.98. The van der Waals surface area contributed by atoms with Crippen LogP contribution in [0.4, 0.5) is 0 Å². The lowest BCUT2D eigenvalue weighted by molar-refractivity contribution is 0.580. The van der Waals surface area contributed by atoms with Crippen LogP contribution in [-0.2, 0) is 6.42 Å². The Morgan fingerprint density at radius 2 is 2.05 bits per heavy atom. The number of halogens is 1. The maximum absolute atomic E-state index is 6.19. The molecule has 0 atom stereocenters. The molecule has 21 heavy (non-hydrogen) atoms. The van der Waals surface area contributed by atoms with Crippen LogP contribution in [0.1, 0.15) is 11.4 Å². The third-order valence-electron chi connectivity index (χ3n) is 3.09. The highest BCUT2D eigenvalue weighted by atomic mass is 35.5. The highest BCUT2D eigenvalue weighted by Gasteiger charge is 2.15. The van der Waals surface area contributed by atoms with Gasteiger partial charge in [-0.05, 0) is 23.8 Å². The van der Waals surface area contributed by atoms with Crippen molar-refractivity contribution in [2.75, 3.05) is 0 Å². The van der Waals surface area contributed by atoms with E-state index >= 15 is 0 Å². The first-order valence-corrected chi connectivity index (χ1v) is 7.49. The molecule has 3 heterocycles. The summed E-state index contributed by atoms with van der Waals surface area (Å²) in [6.07, 6.45) is 2.21. The van der Waals surface area contributed by atoms with Gasteiger partial charge in [-0.2, -0.15) is 4.52 Å². The fourth-order valence-corrected chi connectivity index (χ4v) is 3.11. The molecule has 104 valence electrons. The fourth-order valence-electron chi connectivity index (χ4n) is 2.08. The second kappa shape index (κ2) is 4.98.